The van der Waals surface area contributed by atoms with Gasteiger partial charge in [0.1, 0.15) is 18.2 Å². The van der Waals surface area contributed by atoms with Crippen molar-refractivity contribution in [2.45, 2.75) is 13.2 Å². The number of nitrogen functional groups attached to an aromatic ring is 1. The average molecular weight is 350 g/mol. The number of nitrogens with zero attached hydrogens (tertiary/aromatic N) is 2. The highest BCUT2D eigenvalue weighted by atomic mass is 17.2. The number of anilines is 2. The standard InChI is InChI=1S/C19H18N4O3/c1-24-15-4-2-3-13(8-15)16-9-18(23-19(20)22-16)21-10-12-5-6-14-11-25-26-17(14)7-12/h2-9H,10-11H2,1H3,(H3,20,21,22,23). The number of nitrogens with one attached hydrogen (secondary N) is 1. The summed E-state index contributed by atoms with van der Waals surface area (Å²) in [6.45, 7) is 1.06. The number of hydrogen-bond acceptors (Lipinski definition) is 7. The zero-order chi connectivity index (χ0) is 17.9. The largest absolute Gasteiger partial charge is 0.497 e. The number of aromatic nitrogens is 2. The fourth-order valence-corrected chi connectivity index (χ4v) is 2.74. The number of hydrogen-bond donors (Lipinski definition) is 2. The molecule has 7 nitrogen and oxygen atoms in total. The summed E-state index contributed by atoms with van der Waals surface area (Å²) in [6, 6.07) is 15.5. The molecule has 1 aliphatic rings. The normalized spacial score (nSPS) is 12.3. The second-order valence-electron chi connectivity index (χ2n) is 5.87. The van der Waals surface area contributed by atoms with Crippen molar-refractivity contribution in [3.63, 3.8) is 0 Å². The van der Waals surface area contributed by atoms with Gasteiger partial charge < -0.3 is 20.7 Å². The Labute approximate surface area is 150 Å². The number of ether oxygens (including phenoxy) is 1. The maximum Gasteiger partial charge on any atom is 0.222 e. The van der Waals surface area contributed by atoms with E-state index in [-0.39, 0.29) is 5.95 Å². The molecule has 0 fully saturated rings. The number of nitrogens with two attached hydrogens (primary N) is 1. The van der Waals surface area contributed by atoms with Gasteiger partial charge in [0.25, 0.3) is 0 Å². The number of fused-ring (bicyclic) bond motifs is 1. The Balaban J connectivity index is 1.54. The summed E-state index contributed by atoms with van der Waals surface area (Å²) in [5.74, 6) is 2.37. The maximum atomic E-state index is 5.88. The third kappa shape index (κ3) is 3.38. The van der Waals surface area contributed by atoms with Gasteiger partial charge in [-0.15, -0.1) is 0 Å². The first-order valence-electron chi connectivity index (χ1n) is 8.15. The van der Waals surface area contributed by atoms with E-state index in [0.717, 1.165) is 33.9 Å². The monoisotopic (exact) mass is 350 g/mol. The molecule has 2 heterocycles. The summed E-state index contributed by atoms with van der Waals surface area (Å²) in [5, 5.41) is 3.27. The molecule has 0 radical (unpaired) electrons. The Kier molecular flexibility index (Phi) is 4.28. The molecule has 7 heteroatoms. The predicted octanol–water partition coefficient (Wildman–Crippen LogP) is 3.17. The second kappa shape index (κ2) is 6.89. The fraction of sp³-hybridized carbons (Fsp3) is 0.158. The van der Waals surface area contributed by atoms with E-state index in [1.807, 2.05) is 48.5 Å². The van der Waals surface area contributed by atoms with Crippen LogP contribution in [0.25, 0.3) is 11.3 Å². The molecule has 0 amide bonds. The molecular weight excluding hydrogens is 332 g/mol. The summed E-state index contributed by atoms with van der Waals surface area (Å²) in [6.07, 6.45) is 0. The van der Waals surface area contributed by atoms with E-state index < -0.39 is 0 Å². The van der Waals surface area contributed by atoms with Gasteiger partial charge in [-0.1, -0.05) is 24.3 Å². The van der Waals surface area contributed by atoms with Gasteiger partial charge in [0, 0.05) is 23.7 Å². The third-order valence-corrected chi connectivity index (χ3v) is 4.08. The highest BCUT2D eigenvalue weighted by Crippen LogP contribution is 2.28. The minimum absolute atomic E-state index is 0.207. The van der Waals surface area contributed by atoms with Crippen LogP contribution in [0.15, 0.2) is 48.5 Å². The van der Waals surface area contributed by atoms with Crippen molar-refractivity contribution in [3.05, 3.63) is 59.7 Å². The van der Waals surface area contributed by atoms with Crippen molar-refractivity contribution in [3.8, 4) is 22.8 Å². The van der Waals surface area contributed by atoms with Gasteiger partial charge in [0.15, 0.2) is 5.75 Å². The van der Waals surface area contributed by atoms with E-state index in [1.54, 1.807) is 7.11 Å². The molecule has 1 aliphatic heterocycles. The van der Waals surface area contributed by atoms with Crippen LogP contribution in [0.5, 0.6) is 11.5 Å². The van der Waals surface area contributed by atoms with Crippen LogP contribution in [-0.2, 0) is 18.0 Å². The molecule has 0 bridgehead atoms. The van der Waals surface area contributed by atoms with Gasteiger partial charge in [0.05, 0.1) is 12.8 Å². The van der Waals surface area contributed by atoms with Crippen LogP contribution in [0.3, 0.4) is 0 Å². The lowest BCUT2D eigenvalue weighted by molar-refractivity contribution is -0.194. The van der Waals surface area contributed by atoms with Gasteiger partial charge in [-0.2, -0.15) is 9.87 Å². The quantitative estimate of drug-likeness (QED) is 0.683. The molecule has 4 rings (SSSR count). The summed E-state index contributed by atoms with van der Waals surface area (Å²) in [5.41, 5.74) is 9.61. The minimum Gasteiger partial charge on any atom is -0.497 e. The number of rotatable bonds is 5. The number of methoxy groups -OCH3 is 1. The molecule has 132 valence electrons. The molecule has 3 N–H and O–H groups in total. The summed E-state index contributed by atoms with van der Waals surface area (Å²) < 4.78 is 5.27. The zero-order valence-corrected chi connectivity index (χ0v) is 14.2. The van der Waals surface area contributed by atoms with E-state index in [4.69, 9.17) is 20.2 Å². The van der Waals surface area contributed by atoms with Crippen LogP contribution in [0.2, 0.25) is 0 Å². The van der Waals surface area contributed by atoms with Crippen LogP contribution in [0, 0.1) is 0 Å². The van der Waals surface area contributed by atoms with E-state index >= 15 is 0 Å². The lowest BCUT2D eigenvalue weighted by atomic mass is 10.1. The molecule has 0 spiro atoms. The van der Waals surface area contributed by atoms with Crippen molar-refractivity contribution in [1.82, 2.24) is 9.97 Å². The Morgan fingerprint density at radius 2 is 2.08 bits per heavy atom. The van der Waals surface area contributed by atoms with Gasteiger partial charge in [-0.3, -0.25) is 0 Å². The molecular formula is C19H18N4O3. The smallest absolute Gasteiger partial charge is 0.222 e. The Morgan fingerprint density at radius 1 is 1.15 bits per heavy atom. The van der Waals surface area contributed by atoms with Gasteiger partial charge in [-0.05, 0) is 23.8 Å². The van der Waals surface area contributed by atoms with Gasteiger partial charge >= 0.3 is 0 Å². The predicted molar refractivity (Wildman–Crippen MR) is 97.6 cm³/mol. The molecule has 2 aromatic carbocycles. The topological polar surface area (TPSA) is 91.5 Å². The first kappa shape index (κ1) is 16.2. The highest BCUT2D eigenvalue weighted by Gasteiger charge is 2.14. The molecule has 26 heavy (non-hydrogen) atoms. The summed E-state index contributed by atoms with van der Waals surface area (Å²) in [4.78, 5) is 18.7. The molecule has 3 aromatic rings. The molecule has 0 saturated carbocycles. The van der Waals surface area contributed by atoms with Crippen LogP contribution in [-0.4, -0.2) is 17.1 Å². The molecule has 0 saturated heterocycles. The lowest BCUT2D eigenvalue weighted by Crippen LogP contribution is -2.05. The Morgan fingerprint density at radius 3 is 2.96 bits per heavy atom. The van der Waals surface area contributed by atoms with Crippen molar-refractivity contribution >= 4 is 11.8 Å². The molecule has 0 unspecified atom stereocenters. The first-order valence-corrected chi connectivity index (χ1v) is 8.15. The summed E-state index contributed by atoms with van der Waals surface area (Å²) >= 11 is 0. The molecule has 0 aliphatic carbocycles. The number of benzene rings is 2. The fourth-order valence-electron chi connectivity index (χ4n) is 2.74. The van der Waals surface area contributed by atoms with E-state index in [9.17, 15) is 0 Å². The van der Waals surface area contributed by atoms with Crippen molar-refractivity contribution < 1.29 is 14.5 Å². The van der Waals surface area contributed by atoms with E-state index in [1.165, 1.54) is 0 Å². The summed E-state index contributed by atoms with van der Waals surface area (Å²) in [7, 11) is 1.63. The highest BCUT2D eigenvalue weighted by molar-refractivity contribution is 5.65. The van der Waals surface area contributed by atoms with E-state index in [0.29, 0.717) is 19.0 Å². The van der Waals surface area contributed by atoms with Crippen LogP contribution >= 0.6 is 0 Å². The van der Waals surface area contributed by atoms with Crippen molar-refractivity contribution in [2.24, 2.45) is 0 Å². The van der Waals surface area contributed by atoms with Crippen LogP contribution < -0.4 is 20.7 Å². The zero-order valence-electron chi connectivity index (χ0n) is 14.2. The van der Waals surface area contributed by atoms with Gasteiger partial charge in [-0.25, -0.2) is 4.98 Å². The maximum absolute atomic E-state index is 5.88. The lowest BCUT2D eigenvalue weighted by Gasteiger charge is -2.10. The second-order valence-corrected chi connectivity index (χ2v) is 5.87. The van der Waals surface area contributed by atoms with Crippen LogP contribution in [0.1, 0.15) is 11.1 Å². The Hall–Kier alpha value is -3.32. The molecule has 0 atom stereocenters. The first-order chi connectivity index (χ1) is 12.7. The van der Waals surface area contributed by atoms with Crippen molar-refractivity contribution in [2.75, 3.05) is 18.2 Å². The average Bonchev–Trinajstić information content (AvgIpc) is 3.14. The third-order valence-electron chi connectivity index (χ3n) is 4.08. The van der Waals surface area contributed by atoms with Crippen LogP contribution in [0.4, 0.5) is 11.8 Å². The van der Waals surface area contributed by atoms with Crippen molar-refractivity contribution in [1.29, 1.82) is 0 Å². The Bertz CT molecular complexity index is 946. The van der Waals surface area contributed by atoms with Gasteiger partial charge in [0.2, 0.25) is 5.95 Å². The molecule has 1 aromatic heterocycles. The minimum atomic E-state index is 0.207. The SMILES string of the molecule is COc1cccc(-c2cc(NCc3ccc4c(c3)OOC4)nc(N)n2)c1. The van der Waals surface area contributed by atoms with E-state index in [2.05, 4.69) is 15.3 Å².